The summed E-state index contributed by atoms with van der Waals surface area (Å²) in [6.07, 6.45) is 3.95. The van der Waals surface area contributed by atoms with Gasteiger partial charge in [0.25, 0.3) is 0 Å². The Morgan fingerprint density at radius 2 is 1.92 bits per heavy atom. The maximum absolute atomic E-state index is 12.6. The Morgan fingerprint density at radius 1 is 1.15 bits per heavy atom. The molecule has 1 aliphatic rings. The molecular formula is C20H20N4O2. The lowest BCUT2D eigenvalue weighted by Gasteiger charge is -2.18. The highest BCUT2D eigenvalue weighted by Gasteiger charge is 2.34. The fourth-order valence-corrected chi connectivity index (χ4v) is 3.02. The van der Waals surface area contributed by atoms with Crippen LogP contribution in [0.3, 0.4) is 0 Å². The normalized spacial score (nSPS) is 14.7. The average molecular weight is 348 g/mol. The minimum atomic E-state index is -0.281. The molecule has 26 heavy (non-hydrogen) atoms. The molecule has 1 atom stereocenters. The van der Waals surface area contributed by atoms with E-state index in [0.29, 0.717) is 23.1 Å². The number of nitrogens with zero attached hydrogens (tertiary/aromatic N) is 2. The van der Waals surface area contributed by atoms with E-state index in [2.05, 4.69) is 20.8 Å². The topological polar surface area (TPSA) is 80.0 Å². The fourth-order valence-electron chi connectivity index (χ4n) is 3.02. The number of carbonyl (C=O) groups excluding carboxylic acids is 1. The summed E-state index contributed by atoms with van der Waals surface area (Å²) in [5.41, 5.74) is 2.98. The SMILES string of the molecule is Cc1noc(-c2ccccc2)c1NC(=O)NC(c1ccccn1)C1CC1. The van der Waals surface area contributed by atoms with E-state index in [1.165, 1.54) is 0 Å². The molecule has 0 spiro atoms. The van der Waals surface area contributed by atoms with Crippen LogP contribution in [0, 0.1) is 12.8 Å². The Labute approximate surface area is 151 Å². The quantitative estimate of drug-likeness (QED) is 0.720. The van der Waals surface area contributed by atoms with Gasteiger partial charge in [0, 0.05) is 11.8 Å². The summed E-state index contributed by atoms with van der Waals surface area (Å²) in [6.45, 7) is 1.81. The molecule has 0 saturated heterocycles. The average Bonchev–Trinajstić information content (AvgIpc) is 3.46. The molecule has 6 nitrogen and oxygen atoms in total. The zero-order valence-corrected chi connectivity index (χ0v) is 14.5. The Kier molecular flexibility index (Phi) is 4.39. The van der Waals surface area contributed by atoms with Crippen LogP contribution in [-0.4, -0.2) is 16.2 Å². The Hall–Kier alpha value is -3.15. The van der Waals surface area contributed by atoms with Crippen molar-refractivity contribution in [3.05, 3.63) is 66.1 Å². The van der Waals surface area contributed by atoms with Crippen LogP contribution in [0.2, 0.25) is 0 Å². The molecule has 1 aliphatic carbocycles. The van der Waals surface area contributed by atoms with Crippen LogP contribution in [0.25, 0.3) is 11.3 Å². The number of pyridine rings is 1. The second-order valence-corrected chi connectivity index (χ2v) is 6.51. The summed E-state index contributed by atoms with van der Waals surface area (Å²) in [7, 11) is 0. The van der Waals surface area contributed by atoms with Gasteiger partial charge in [0.15, 0.2) is 5.76 Å². The summed E-state index contributed by atoms with van der Waals surface area (Å²) in [6, 6.07) is 15.0. The van der Waals surface area contributed by atoms with Gasteiger partial charge in [0.1, 0.15) is 11.4 Å². The predicted octanol–water partition coefficient (Wildman–Crippen LogP) is 4.32. The molecule has 4 rings (SSSR count). The van der Waals surface area contributed by atoms with E-state index in [-0.39, 0.29) is 12.1 Å². The molecule has 1 unspecified atom stereocenters. The van der Waals surface area contributed by atoms with Gasteiger partial charge in [-0.3, -0.25) is 4.98 Å². The van der Waals surface area contributed by atoms with Gasteiger partial charge in [-0.15, -0.1) is 0 Å². The van der Waals surface area contributed by atoms with E-state index in [1.807, 2.05) is 55.5 Å². The molecule has 6 heteroatoms. The zero-order valence-electron chi connectivity index (χ0n) is 14.5. The molecule has 2 amide bonds. The third kappa shape index (κ3) is 3.44. The highest BCUT2D eigenvalue weighted by molar-refractivity contribution is 5.94. The lowest BCUT2D eigenvalue weighted by Crippen LogP contribution is -2.34. The molecule has 2 aromatic heterocycles. The summed E-state index contributed by atoms with van der Waals surface area (Å²) >= 11 is 0. The highest BCUT2D eigenvalue weighted by atomic mass is 16.5. The monoisotopic (exact) mass is 348 g/mol. The van der Waals surface area contributed by atoms with Crippen molar-refractivity contribution in [2.75, 3.05) is 5.32 Å². The van der Waals surface area contributed by atoms with Crippen LogP contribution < -0.4 is 10.6 Å². The molecule has 3 aromatic rings. The van der Waals surface area contributed by atoms with Crippen molar-refractivity contribution in [3.8, 4) is 11.3 Å². The van der Waals surface area contributed by atoms with Crippen LogP contribution in [0.15, 0.2) is 59.3 Å². The van der Waals surface area contributed by atoms with E-state index >= 15 is 0 Å². The van der Waals surface area contributed by atoms with Crippen molar-refractivity contribution >= 4 is 11.7 Å². The van der Waals surface area contributed by atoms with Gasteiger partial charge in [-0.2, -0.15) is 0 Å². The van der Waals surface area contributed by atoms with Crippen molar-refractivity contribution in [2.24, 2.45) is 5.92 Å². The number of hydrogen-bond donors (Lipinski definition) is 2. The first-order chi connectivity index (χ1) is 12.7. The number of urea groups is 1. The lowest BCUT2D eigenvalue weighted by atomic mass is 10.1. The number of nitrogens with one attached hydrogen (secondary N) is 2. The molecular weight excluding hydrogens is 328 g/mol. The van der Waals surface area contributed by atoms with Crippen molar-refractivity contribution in [1.29, 1.82) is 0 Å². The molecule has 1 fully saturated rings. The maximum atomic E-state index is 12.6. The van der Waals surface area contributed by atoms with Crippen molar-refractivity contribution in [1.82, 2.24) is 15.5 Å². The Morgan fingerprint density at radius 3 is 2.62 bits per heavy atom. The van der Waals surface area contributed by atoms with Crippen molar-refractivity contribution in [2.45, 2.75) is 25.8 Å². The molecule has 0 bridgehead atoms. The van der Waals surface area contributed by atoms with Gasteiger partial charge < -0.3 is 15.2 Å². The minimum absolute atomic E-state index is 0.0865. The van der Waals surface area contributed by atoms with Gasteiger partial charge >= 0.3 is 6.03 Å². The lowest BCUT2D eigenvalue weighted by molar-refractivity contribution is 0.246. The number of anilines is 1. The molecule has 132 valence electrons. The minimum Gasteiger partial charge on any atom is -0.354 e. The molecule has 0 aliphatic heterocycles. The van der Waals surface area contributed by atoms with Crippen LogP contribution in [0.1, 0.15) is 30.3 Å². The largest absolute Gasteiger partial charge is 0.354 e. The number of amides is 2. The van der Waals surface area contributed by atoms with Gasteiger partial charge in [-0.1, -0.05) is 41.6 Å². The molecule has 2 heterocycles. The first-order valence-electron chi connectivity index (χ1n) is 8.72. The predicted molar refractivity (Wildman–Crippen MR) is 98.5 cm³/mol. The third-order valence-electron chi connectivity index (χ3n) is 4.52. The molecule has 1 saturated carbocycles. The highest BCUT2D eigenvalue weighted by Crippen LogP contribution is 2.40. The van der Waals surface area contributed by atoms with E-state index in [4.69, 9.17) is 4.52 Å². The number of aryl methyl sites for hydroxylation is 1. The van der Waals surface area contributed by atoms with E-state index < -0.39 is 0 Å². The van der Waals surface area contributed by atoms with E-state index in [9.17, 15) is 4.79 Å². The fraction of sp³-hybridized carbons (Fsp3) is 0.250. The van der Waals surface area contributed by atoms with Gasteiger partial charge in [-0.25, -0.2) is 4.79 Å². The van der Waals surface area contributed by atoms with Crippen molar-refractivity contribution in [3.63, 3.8) is 0 Å². The smallest absolute Gasteiger partial charge is 0.319 e. The molecule has 1 aromatic carbocycles. The van der Waals surface area contributed by atoms with Gasteiger partial charge in [-0.05, 0) is 37.8 Å². The first-order valence-corrected chi connectivity index (χ1v) is 8.72. The number of carbonyl (C=O) groups is 1. The van der Waals surface area contributed by atoms with Crippen molar-refractivity contribution < 1.29 is 9.32 Å². The first kappa shape index (κ1) is 16.3. The van der Waals surface area contributed by atoms with Crippen LogP contribution in [0.5, 0.6) is 0 Å². The number of aromatic nitrogens is 2. The molecule has 2 N–H and O–H groups in total. The molecule has 0 radical (unpaired) electrons. The summed E-state index contributed by atoms with van der Waals surface area (Å²) in [4.78, 5) is 17.0. The van der Waals surface area contributed by atoms with E-state index in [0.717, 1.165) is 24.1 Å². The van der Waals surface area contributed by atoms with Crippen LogP contribution in [0.4, 0.5) is 10.5 Å². The standard InChI is InChI=1S/C20H20N4O2/c1-13-17(19(26-24-13)15-7-3-2-4-8-15)22-20(25)23-18(14-10-11-14)16-9-5-6-12-21-16/h2-9,12,14,18H,10-11H2,1H3,(H2,22,23,25). The second kappa shape index (κ2) is 7.00. The van der Waals surface area contributed by atoms with Crippen LogP contribution in [-0.2, 0) is 0 Å². The zero-order chi connectivity index (χ0) is 17.9. The van der Waals surface area contributed by atoms with E-state index in [1.54, 1.807) is 6.20 Å². The number of hydrogen-bond acceptors (Lipinski definition) is 4. The third-order valence-corrected chi connectivity index (χ3v) is 4.52. The second-order valence-electron chi connectivity index (χ2n) is 6.51. The van der Waals surface area contributed by atoms with Gasteiger partial charge in [0.05, 0.1) is 11.7 Å². The Balaban J connectivity index is 1.53. The van der Waals surface area contributed by atoms with Crippen LogP contribution >= 0.6 is 0 Å². The van der Waals surface area contributed by atoms with Gasteiger partial charge in [0.2, 0.25) is 0 Å². The summed E-state index contributed by atoms with van der Waals surface area (Å²) < 4.78 is 5.43. The summed E-state index contributed by atoms with van der Waals surface area (Å²) in [5, 5.41) is 9.96. The Bertz CT molecular complexity index is 889. The number of rotatable bonds is 5. The summed E-state index contributed by atoms with van der Waals surface area (Å²) in [5.74, 6) is 0.992. The maximum Gasteiger partial charge on any atom is 0.319 e. The number of benzene rings is 1.